The summed E-state index contributed by atoms with van der Waals surface area (Å²) >= 11 is 0. The van der Waals surface area contributed by atoms with Gasteiger partial charge in [-0.15, -0.1) is 0 Å². The van der Waals surface area contributed by atoms with E-state index in [1.165, 1.54) is 0 Å². The van der Waals surface area contributed by atoms with Crippen molar-refractivity contribution in [3.8, 4) is 0 Å². The second kappa shape index (κ2) is 6.37. The van der Waals surface area contributed by atoms with Crippen LogP contribution in [0.4, 0.5) is 0 Å². The lowest BCUT2D eigenvalue weighted by atomic mass is 10.1. The lowest BCUT2D eigenvalue weighted by Gasteiger charge is -2.23. The number of rotatable bonds is 7. The maximum absolute atomic E-state index is 12.4. The standard InChI is InChI=1S/C14H24N4O3S/c1-10-13(11(2)17(3)16-10)9-18(12-6-7-12)14(19)5-4-8-22(15,20)21/h12H,4-9H2,1-3H3,(H2,15,20,21). The number of carbonyl (C=O) groups is 1. The van der Waals surface area contributed by atoms with E-state index in [1.807, 2.05) is 30.5 Å². The lowest BCUT2D eigenvalue weighted by Crippen LogP contribution is -2.33. The van der Waals surface area contributed by atoms with Gasteiger partial charge in [-0.1, -0.05) is 0 Å². The molecule has 8 heteroatoms. The number of nitrogens with two attached hydrogens (primary N) is 1. The van der Waals surface area contributed by atoms with Gasteiger partial charge >= 0.3 is 0 Å². The smallest absolute Gasteiger partial charge is 0.223 e. The molecule has 1 heterocycles. The molecule has 0 aromatic carbocycles. The van der Waals surface area contributed by atoms with Crippen LogP contribution < -0.4 is 5.14 Å². The van der Waals surface area contributed by atoms with Crippen molar-refractivity contribution in [2.75, 3.05) is 5.75 Å². The summed E-state index contributed by atoms with van der Waals surface area (Å²) in [7, 11) is -1.61. The van der Waals surface area contributed by atoms with E-state index in [4.69, 9.17) is 5.14 Å². The topological polar surface area (TPSA) is 98.3 Å². The minimum Gasteiger partial charge on any atom is -0.335 e. The first-order valence-corrected chi connectivity index (χ1v) is 9.19. The van der Waals surface area contributed by atoms with Gasteiger partial charge in [0.05, 0.1) is 11.4 Å². The molecule has 0 atom stereocenters. The molecular weight excluding hydrogens is 304 g/mol. The van der Waals surface area contributed by atoms with E-state index in [2.05, 4.69) is 5.10 Å². The molecule has 1 aromatic heterocycles. The van der Waals surface area contributed by atoms with Crippen molar-refractivity contribution < 1.29 is 13.2 Å². The van der Waals surface area contributed by atoms with Crippen molar-refractivity contribution in [1.82, 2.24) is 14.7 Å². The van der Waals surface area contributed by atoms with E-state index in [0.717, 1.165) is 29.8 Å². The highest BCUT2D eigenvalue weighted by atomic mass is 32.2. The average molecular weight is 328 g/mol. The Bertz CT molecular complexity index is 662. The Labute approximate surface area is 131 Å². The maximum Gasteiger partial charge on any atom is 0.223 e. The van der Waals surface area contributed by atoms with Crippen LogP contribution in [0.15, 0.2) is 0 Å². The summed E-state index contributed by atoms with van der Waals surface area (Å²) in [6, 6.07) is 0.279. The highest BCUT2D eigenvalue weighted by Crippen LogP contribution is 2.30. The first kappa shape index (κ1) is 17.0. The summed E-state index contributed by atoms with van der Waals surface area (Å²) in [6.07, 6.45) is 2.51. The number of primary sulfonamides is 1. The van der Waals surface area contributed by atoms with Gasteiger partial charge in [0.2, 0.25) is 15.9 Å². The maximum atomic E-state index is 12.4. The summed E-state index contributed by atoms with van der Waals surface area (Å²) < 4.78 is 23.7. The fraction of sp³-hybridized carbons (Fsp3) is 0.714. The Morgan fingerprint density at radius 1 is 1.41 bits per heavy atom. The van der Waals surface area contributed by atoms with Crippen molar-refractivity contribution in [2.24, 2.45) is 12.2 Å². The molecule has 0 bridgehead atoms. The SMILES string of the molecule is Cc1nn(C)c(C)c1CN(C(=O)CCCS(N)(=O)=O)C1CC1. The van der Waals surface area contributed by atoms with E-state index >= 15 is 0 Å². The highest BCUT2D eigenvalue weighted by molar-refractivity contribution is 7.89. The molecule has 1 aromatic rings. The van der Waals surface area contributed by atoms with Gasteiger partial charge in [-0.3, -0.25) is 9.48 Å². The Balaban J connectivity index is 2.02. The van der Waals surface area contributed by atoms with Crippen LogP contribution in [0.25, 0.3) is 0 Å². The van der Waals surface area contributed by atoms with Crippen LogP contribution in [0.3, 0.4) is 0 Å². The van der Waals surface area contributed by atoms with Crippen molar-refractivity contribution in [2.45, 2.75) is 52.1 Å². The Kier molecular flexibility index (Phi) is 4.91. The molecule has 1 aliphatic carbocycles. The van der Waals surface area contributed by atoms with E-state index in [9.17, 15) is 13.2 Å². The molecule has 1 amide bonds. The number of hydrogen-bond acceptors (Lipinski definition) is 4. The van der Waals surface area contributed by atoms with E-state index in [1.54, 1.807) is 0 Å². The molecule has 0 aliphatic heterocycles. The van der Waals surface area contributed by atoms with Crippen molar-refractivity contribution >= 4 is 15.9 Å². The minimum atomic E-state index is -3.50. The molecule has 0 unspecified atom stereocenters. The molecule has 2 rings (SSSR count). The number of aromatic nitrogens is 2. The Morgan fingerprint density at radius 3 is 2.50 bits per heavy atom. The van der Waals surface area contributed by atoms with Gasteiger partial charge in [0.1, 0.15) is 0 Å². The molecule has 1 aliphatic rings. The third-order valence-electron chi connectivity index (χ3n) is 4.11. The van der Waals surface area contributed by atoms with Gasteiger partial charge in [-0.25, -0.2) is 13.6 Å². The first-order chi connectivity index (χ1) is 10.2. The van der Waals surface area contributed by atoms with Crippen LogP contribution in [-0.4, -0.2) is 40.8 Å². The van der Waals surface area contributed by atoms with Crippen molar-refractivity contribution in [3.63, 3.8) is 0 Å². The van der Waals surface area contributed by atoms with Gasteiger partial charge in [-0.05, 0) is 33.1 Å². The number of aryl methyl sites for hydroxylation is 2. The number of nitrogens with zero attached hydrogens (tertiary/aromatic N) is 3. The third-order valence-corrected chi connectivity index (χ3v) is 4.97. The average Bonchev–Trinajstić information content (AvgIpc) is 3.17. The quantitative estimate of drug-likeness (QED) is 0.792. The highest BCUT2D eigenvalue weighted by Gasteiger charge is 2.33. The third kappa shape index (κ3) is 4.30. The van der Waals surface area contributed by atoms with Crippen LogP contribution in [0.5, 0.6) is 0 Å². The lowest BCUT2D eigenvalue weighted by molar-refractivity contribution is -0.132. The van der Waals surface area contributed by atoms with Crippen LogP contribution in [0.2, 0.25) is 0 Å². The zero-order chi connectivity index (χ0) is 16.5. The van der Waals surface area contributed by atoms with Crippen LogP contribution in [-0.2, 0) is 28.4 Å². The second-order valence-electron chi connectivity index (χ2n) is 6.00. The van der Waals surface area contributed by atoms with Gasteiger partial charge in [-0.2, -0.15) is 5.10 Å². The Hall–Kier alpha value is -1.41. The van der Waals surface area contributed by atoms with E-state index < -0.39 is 10.0 Å². The van der Waals surface area contributed by atoms with Gasteiger partial charge in [0, 0.05) is 37.3 Å². The van der Waals surface area contributed by atoms with Gasteiger partial charge in [0.15, 0.2) is 0 Å². The predicted molar refractivity (Wildman–Crippen MR) is 83.5 cm³/mol. The van der Waals surface area contributed by atoms with E-state index in [-0.39, 0.29) is 30.5 Å². The number of hydrogen-bond donors (Lipinski definition) is 1. The van der Waals surface area contributed by atoms with Crippen LogP contribution >= 0.6 is 0 Å². The molecule has 2 N–H and O–H groups in total. The normalized spacial score (nSPS) is 15.1. The van der Waals surface area contributed by atoms with E-state index in [0.29, 0.717) is 6.54 Å². The first-order valence-electron chi connectivity index (χ1n) is 7.48. The summed E-state index contributed by atoms with van der Waals surface area (Å²) in [4.78, 5) is 14.3. The molecule has 7 nitrogen and oxygen atoms in total. The minimum absolute atomic E-state index is 0.00574. The zero-order valence-corrected chi connectivity index (χ0v) is 14.2. The monoisotopic (exact) mass is 328 g/mol. The summed E-state index contributed by atoms with van der Waals surface area (Å²) in [5, 5.41) is 9.35. The molecule has 0 saturated heterocycles. The molecule has 22 heavy (non-hydrogen) atoms. The largest absolute Gasteiger partial charge is 0.335 e. The van der Waals surface area contributed by atoms with Crippen LogP contribution in [0.1, 0.15) is 42.6 Å². The van der Waals surface area contributed by atoms with Crippen molar-refractivity contribution in [1.29, 1.82) is 0 Å². The number of sulfonamides is 1. The molecule has 1 saturated carbocycles. The summed E-state index contributed by atoms with van der Waals surface area (Å²) in [5.74, 6) is -0.156. The molecule has 0 radical (unpaired) electrons. The van der Waals surface area contributed by atoms with Gasteiger partial charge in [0.25, 0.3) is 0 Å². The number of carbonyl (C=O) groups excluding carboxylic acids is 1. The predicted octanol–water partition coefficient (Wildman–Crippen LogP) is 0.597. The molecule has 124 valence electrons. The number of amides is 1. The fourth-order valence-corrected chi connectivity index (χ4v) is 3.14. The second-order valence-corrected chi connectivity index (χ2v) is 7.73. The molecular formula is C14H24N4O3S. The fourth-order valence-electron chi connectivity index (χ4n) is 2.59. The van der Waals surface area contributed by atoms with Crippen molar-refractivity contribution in [3.05, 3.63) is 17.0 Å². The Morgan fingerprint density at radius 2 is 2.05 bits per heavy atom. The van der Waals surface area contributed by atoms with Crippen LogP contribution in [0, 0.1) is 13.8 Å². The zero-order valence-electron chi connectivity index (χ0n) is 13.4. The molecule has 1 fully saturated rings. The van der Waals surface area contributed by atoms with Gasteiger partial charge < -0.3 is 4.90 Å². The molecule has 0 spiro atoms. The summed E-state index contributed by atoms with van der Waals surface area (Å²) in [6.45, 7) is 4.48. The summed E-state index contributed by atoms with van der Waals surface area (Å²) in [5.41, 5.74) is 3.07.